The molecule has 31 heavy (non-hydrogen) atoms. The zero-order chi connectivity index (χ0) is 23.6. The lowest BCUT2D eigenvalue weighted by Crippen LogP contribution is -2.45. The summed E-state index contributed by atoms with van der Waals surface area (Å²) in [6.07, 6.45) is 14.7. The Labute approximate surface area is 197 Å². The molecule has 3 unspecified atom stereocenters. The number of amidine groups is 1. The zero-order valence-corrected chi connectivity index (χ0v) is 22.1. The van der Waals surface area contributed by atoms with Gasteiger partial charge in [0.05, 0.1) is 6.04 Å². The molecule has 0 aliphatic rings. The van der Waals surface area contributed by atoms with Gasteiger partial charge in [0, 0.05) is 17.9 Å². The number of thioether (sulfide) groups is 1. The van der Waals surface area contributed by atoms with Gasteiger partial charge in [-0.05, 0) is 37.5 Å². The number of hydrogen-bond acceptors (Lipinski definition) is 3. The van der Waals surface area contributed by atoms with E-state index in [1.54, 1.807) is 11.8 Å². The summed E-state index contributed by atoms with van der Waals surface area (Å²) in [5.41, 5.74) is 7.04. The van der Waals surface area contributed by atoms with E-state index in [-0.39, 0.29) is 17.8 Å². The maximum Gasteiger partial charge on any atom is 0.220 e. The Morgan fingerprint density at radius 3 is 2.06 bits per heavy atom. The molecule has 0 radical (unpaired) electrons. The Hall–Kier alpha value is -0.970. The summed E-state index contributed by atoms with van der Waals surface area (Å²) >= 11 is 1.72. The van der Waals surface area contributed by atoms with Crippen LogP contribution in [-0.4, -0.2) is 29.3 Å². The fourth-order valence-electron chi connectivity index (χ4n) is 3.70. The number of nitrogens with one attached hydrogen (secondary N) is 2. The van der Waals surface area contributed by atoms with E-state index in [2.05, 4.69) is 46.0 Å². The molecular weight excluding hydrogens is 402 g/mol. The van der Waals surface area contributed by atoms with Crippen molar-refractivity contribution in [2.75, 3.05) is 11.5 Å². The monoisotopic (exact) mass is 453 g/mol. The van der Waals surface area contributed by atoms with Crippen LogP contribution in [0.5, 0.6) is 0 Å². The van der Waals surface area contributed by atoms with Crippen LogP contribution in [0.4, 0.5) is 0 Å². The van der Waals surface area contributed by atoms with Crippen molar-refractivity contribution in [3.05, 3.63) is 11.6 Å². The summed E-state index contributed by atoms with van der Waals surface area (Å²) in [5, 5.41) is 10.4. The van der Waals surface area contributed by atoms with E-state index in [0.717, 1.165) is 23.5 Å². The normalized spacial score (nSPS) is 15.0. The molecule has 4 nitrogen and oxygen atoms in total. The quantitative estimate of drug-likeness (QED) is 0.0858. The minimum absolute atomic E-state index is 0.0361. The van der Waals surface area contributed by atoms with Gasteiger partial charge in [-0.2, -0.15) is 11.8 Å². The predicted molar refractivity (Wildman–Crippen MR) is 140 cm³/mol. The van der Waals surface area contributed by atoms with E-state index in [0.29, 0.717) is 12.2 Å². The Bertz CT molecular complexity index is 519. The van der Waals surface area contributed by atoms with Crippen molar-refractivity contribution in [3.63, 3.8) is 0 Å². The molecule has 0 bridgehead atoms. The predicted octanol–water partition coefficient (Wildman–Crippen LogP) is 6.94. The van der Waals surface area contributed by atoms with Crippen molar-refractivity contribution in [2.45, 2.75) is 112 Å². The molecule has 0 spiro atoms. The van der Waals surface area contributed by atoms with Gasteiger partial charge in [0.2, 0.25) is 5.91 Å². The molecule has 0 rings (SSSR count). The van der Waals surface area contributed by atoms with E-state index < -0.39 is 0 Å². The number of allylic oxidation sites excluding steroid dienone is 1. The summed E-state index contributed by atoms with van der Waals surface area (Å²) in [6.45, 7) is 13.5. The maximum atomic E-state index is 11.5. The van der Waals surface area contributed by atoms with Crippen molar-refractivity contribution >= 4 is 23.5 Å². The molecule has 0 heterocycles. The van der Waals surface area contributed by atoms with Crippen LogP contribution in [0.25, 0.3) is 0 Å². The lowest BCUT2D eigenvalue weighted by atomic mass is 9.91. The van der Waals surface area contributed by atoms with Crippen LogP contribution in [0.15, 0.2) is 11.6 Å². The largest absolute Gasteiger partial charge is 0.386 e. The third-order valence-electron chi connectivity index (χ3n) is 6.01. The van der Waals surface area contributed by atoms with Crippen molar-refractivity contribution in [2.24, 2.45) is 23.5 Å². The van der Waals surface area contributed by atoms with Crippen LogP contribution < -0.4 is 11.1 Å². The van der Waals surface area contributed by atoms with E-state index in [1.807, 2.05) is 6.92 Å². The number of carbonyl (C=O) groups excluding carboxylic acids is 1. The van der Waals surface area contributed by atoms with Crippen LogP contribution in [0.3, 0.4) is 0 Å². The van der Waals surface area contributed by atoms with E-state index >= 15 is 0 Å². The third kappa shape index (κ3) is 18.3. The first kappa shape index (κ1) is 30.0. The summed E-state index contributed by atoms with van der Waals surface area (Å²) < 4.78 is 0. The molecule has 3 atom stereocenters. The minimum atomic E-state index is -0.357. The highest BCUT2D eigenvalue weighted by Crippen LogP contribution is 2.22. The highest BCUT2D eigenvalue weighted by atomic mass is 32.2. The summed E-state index contributed by atoms with van der Waals surface area (Å²) in [4.78, 5) is 11.5. The van der Waals surface area contributed by atoms with E-state index in [1.165, 1.54) is 63.4 Å². The molecule has 0 saturated carbocycles. The van der Waals surface area contributed by atoms with Crippen molar-refractivity contribution in [3.8, 4) is 0 Å². The standard InChI is InChI=1S/C26H51N3OS/c1-7-25(30)29-24(26(27)28)19-31-18-17-23(6)16-10-15-22(5)14-9-13-21(4)12-8-11-20(2)3/h17,20-22,24H,7-16,18-19H2,1-6H3,(H3,27,28)(H,29,30)/b23-17+. The average molecular weight is 454 g/mol. The molecule has 5 heteroatoms. The molecule has 182 valence electrons. The zero-order valence-electron chi connectivity index (χ0n) is 21.3. The molecular formula is C26H51N3OS. The van der Waals surface area contributed by atoms with Gasteiger partial charge in [-0.25, -0.2) is 0 Å². The van der Waals surface area contributed by atoms with Crippen molar-refractivity contribution < 1.29 is 4.79 Å². The van der Waals surface area contributed by atoms with E-state index in [4.69, 9.17) is 11.1 Å². The Balaban J connectivity index is 3.88. The van der Waals surface area contributed by atoms with E-state index in [9.17, 15) is 4.79 Å². The molecule has 0 aliphatic heterocycles. The molecule has 0 saturated heterocycles. The van der Waals surface area contributed by atoms with Crippen LogP contribution >= 0.6 is 11.8 Å². The highest BCUT2D eigenvalue weighted by molar-refractivity contribution is 7.99. The number of amides is 1. The molecule has 0 aromatic carbocycles. The fraction of sp³-hybridized carbons (Fsp3) is 0.846. The SMILES string of the molecule is CCC(=O)NC(CSC/C=C(\C)CCCC(C)CCCC(C)CCCC(C)C)C(=N)N. The first-order chi connectivity index (χ1) is 14.6. The summed E-state index contributed by atoms with van der Waals surface area (Å²) in [6, 6.07) is -0.357. The molecule has 0 fully saturated rings. The van der Waals surface area contributed by atoms with Gasteiger partial charge in [0.1, 0.15) is 5.84 Å². The van der Waals surface area contributed by atoms with Crippen LogP contribution in [0.2, 0.25) is 0 Å². The van der Waals surface area contributed by atoms with Crippen LogP contribution in [0, 0.1) is 23.2 Å². The topological polar surface area (TPSA) is 79.0 Å². The Kier molecular flexibility index (Phi) is 18.0. The average Bonchev–Trinajstić information content (AvgIpc) is 2.69. The Morgan fingerprint density at radius 2 is 1.55 bits per heavy atom. The highest BCUT2D eigenvalue weighted by Gasteiger charge is 2.13. The first-order valence-corrected chi connectivity index (χ1v) is 13.7. The number of hydrogen-bond donors (Lipinski definition) is 3. The molecule has 0 aliphatic carbocycles. The second-order valence-electron chi connectivity index (χ2n) is 9.88. The first-order valence-electron chi connectivity index (χ1n) is 12.5. The number of carbonyl (C=O) groups is 1. The minimum Gasteiger partial charge on any atom is -0.386 e. The summed E-state index contributed by atoms with van der Waals surface area (Å²) in [7, 11) is 0. The molecule has 1 amide bonds. The summed E-state index contributed by atoms with van der Waals surface area (Å²) in [5.74, 6) is 4.08. The molecule has 4 N–H and O–H groups in total. The molecule has 0 aromatic heterocycles. The van der Waals surface area contributed by atoms with Gasteiger partial charge < -0.3 is 11.1 Å². The lowest BCUT2D eigenvalue weighted by Gasteiger charge is -2.16. The van der Waals surface area contributed by atoms with Crippen molar-refractivity contribution in [1.82, 2.24) is 5.32 Å². The smallest absolute Gasteiger partial charge is 0.220 e. The van der Waals surface area contributed by atoms with Crippen LogP contribution in [0.1, 0.15) is 106 Å². The van der Waals surface area contributed by atoms with Gasteiger partial charge in [-0.3, -0.25) is 10.2 Å². The maximum absolute atomic E-state index is 11.5. The van der Waals surface area contributed by atoms with Gasteiger partial charge in [-0.1, -0.05) is 91.2 Å². The van der Waals surface area contributed by atoms with Gasteiger partial charge in [0.15, 0.2) is 0 Å². The lowest BCUT2D eigenvalue weighted by molar-refractivity contribution is -0.120. The molecule has 0 aromatic rings. The second-order valence-corrected chi connectivity index (χ2v) is 11.0. The van der Waals surface area contributed by atoms with Gasteiger partial charge in [-0.15, -0.1) is 0 Å². The van der Waals surface area contributed by atoms with Crippen molar-refractivity contribution in [1.29, 1.82) is 5.41 Å². The van der Waals surface area contributed by atoms with Gasteiger partial charge in [0.25, 0.3) is 0 Å². The Morgan fingerprint density at radius 1 is 1.00 bits per heavy atom. The van der Waals surface area contributed by atoms with Gasteiger partial charge >= 0.3 is 0 Å². The second kappa shape index (κ2) is 18.6. The third-order valence-corrected chi connectivity index (χ3v) is 6.98. The number of nitrogens with two attached hydrogens (primary N) is 1. The number of rotatable bonds is 19. The fourth-order valence-corrected chi connectivity index (χ4v) is 4.74. The van der Waals surface area contributed by atoms with Crippen LogP contribution in [-0.2, 0) is 4.79 Å².